The summed E-state index contributed by atoms with van der Waals surface area (Å²) in [7, 11) is 0. The maximum atomic E-state index is 12.8. The minimum atomic E-state index is -0.160. The monoisotopic (exact) mass is 364 g/mol. The van der Waals surface area contributed by atoms with Crippen molar-refractivity contribution >= 4 is 27.5 Å². The van der Waals surface area contributed by atoms with E-state index in [1.165, 1.54) is 26.9 Å². The fourth-order valence-electron chi connectivity index (χ4n) is 4.49. The molecular formula is C20H20N4OS. The molecule has 5 nitrogen and oxygen atoms in total. The zero-order valence-electron chi connectivity index (χ0n) is 14.4. The van der Waals surface area contributed by atoms with E-state index in [1.54, 1.807) is 11.3 Å². The molecule has 132 valence electrons. The summed E-state index contributed by atoms with van der Waals surface area (Å²) in [5.74, 6) is 0. The van der Waals surface area contributed by atoms with Gasteiger partial charge in [-0.2, -0.15) is 5.10 Å². The SMILES string of the molecule is O=C(NC1CC1)N1Cc2[nH]nc(-c3cc4ccccc4s3)c2C12CCC2. The molecule has 0 unspecified atom stereocenters. The number of carbonyl (C=O) groups is 1. The number of H-pyrrole nitrogens is 1. The summed E-state index contributed by atoms with van der Waals surface area (Å²) in [5, 5.41) is 12.4. The molecule has 3 aromatic rings. The van der Waals surface area contributed by atoms with Crippen LogP contribution >= 0.6 is 11.3 Å². The standard InChI is InChI=1S/C20H20N4OS/c25-19(21-13-6-7-13)24-11-14-17(20(24)8-3-9-20)18(23-22-14)16-10-12-4-1-2-5-15(12)26-16/h1-2,4-5,10,13H,3,6-9,11H2,(H,21,25)(H,22,23). The first-order valence-corrected chi connectivity index (χ1v) is 10.2. The van der Waals surface area contributed by atoms with Crippen molar-refractivity contribution in [2.24, 2.45) is 0 Å². The average molecular weight is 364 g/mol. The average Bonchev–Trinajstić information content (AvgIpc) is 3.06. The molecule has 2 fully saturated rings. The number of aromatic nitrogens is 2. The molecule has 6 rings (SSSR count). The van der Waals surface area contributed by atoms with Gasteiger partial charge in [0, 0.05) is 16.3 Å². The zero-order valence-corrected chi connectivity index (χ0v) is 15.2. The van der Waals surface area contributed by atoms with Crippen LogP contribution in [-0.4, -0.2) is 27.2 Å². The highest BCUT2D eigenvalue weighted by Crippen LogP contribution is 2.55. The van der Waals surface area contributed by atoms with Gasteiger partial charge in [-0.05, 0) is 49.6 Å². The summed E-state index contributed by atoms with van der Waals surface area (Å²) < 4.78 is 1.28. The molecule has 3 heterocycles. The largest absolute Gasteiger partial charge is 0.335 e. The van der Waals surface area contributed by atoms with Crippen LogP contribution in [0.2, 0.25) is 0 Å². The van der Waals surface area contributed by atoms with Crippen molar-refractivity contribution in [1.29, 1.82) is 0 Å². The van der Waals surface area contributed by atoms with E-state index in [-0.39, 0.29) is 11.6 Å². The maximum absolute atomic E-state index is 12.8. The van der Waals surface area contributed by atoms with Crippen LogP contribution in [-0.2, 0) is 12.1 Å². The van der Waals surface area contributed by atoms with E-state index in [2.05, 4.69) is 50.7 Å². The van der Waals surface area contributed by atoms with Crippen molar-refractivity contribution < 1.29 is 4.79 Å². The van der Waals surface area contributed by atoms with E-state index in [0.29, 0.717) is 12.6 Å². The van der Waals surface area contributed by atoms with Crippen LogP contribution in [0.25, 0.3) is 20.7 Å². The first-order valence-electron chi connectivity index (χ1n) is 9.39. The van der Waals surface area contributed by atoms with Gasteiger partial charge in [0.15, 0.2) is 0 Å². The highest BCUT2D eigenvalue weighted by atomic mass is 32.1. The number of benzene rings is 1. The van der Waals surface area contributed by atoms with Crippen molar-refractivity contribution in [1.82, 2.24) is 20.4 Å². The lowest BCUT2D eigenvalue weighted by atomic mass is 9.71. The molecule has 1 spiro atoms. The molecule has 0 atom stereocenters. The highest BCUT2D eigenvalue weighted by Gasteiger charge is 2.54. The minimum absolute atomic E-state index is 0.0964. The number of nitrogens with zero attached hydrogens (tertiary/aromatic N) is 2. The number of amides is 2. The number of carbonyl (C=O) groups excluding carboxylic acids is 1. The van der Waals surface area contributed by atoms with Gasteiger partial charge in [0.1, 0.15) is 5.69 Å². The van der Waals surface area contributed by atoms with Crippen LogP contribution in [0, 0.1) is 0 Å². The second-order valence-electron chi connectivity index (χ2n) is 7.77. The number of hydrogen-bond donors (Lipinski definition) is 2. The number of fused-ring (bicyclic) bond motifs is 3. The summed E-state index contributed by atoms with van der Waals surface area (Å²) in [5.41, 5.74) is 3.26. The van der Waals surface area contributed by atoms with Crippen LogP contribution in [0.3, 0.4) is 0 Å². The van der Waals surface area contributed by atoms with Gasteiger partial charge in [0.05, 0.1) is 22.7 Å². The number of nitrogens with one attached hydrogen (secondary N) is 2. The predicted molar refractivity (Wildman–Crippen MR) is 102 cm³/mol. The van der Waals surface area contributed by atoms with Gasteiger partial charge in [0.25, 0.3) is 0 Å². The van der Waals surface area contributed by atoms with E-state index in [4.69, 9.17) is 0 Å². The third-order valence-corrected chi connectivity index (χ3v) is 7.25. The Morgan fingerprint density at radius 2 is 2.15 bits per heavy atom. The summed E-state index contributed by atoms with van der Waals surface area (Å²) in [6, 6.07) is 11.2. The van der Waals surface area contributed by atoms with Crippen LogP contribution in [0.4, 0.5) is 4.79 Å². The molecule has 2 saturated carbocycles. The van der Waals surface area contributed by atoms with Gasteiger partial charge in [0.2, 0.25) is 0 Å². The summed E-state index contributed by atoms with van der Waals surface area (Å²) in [6.07, 6.45) is 5.48. The molecule has 1 aliphatic heterocycles. The smallest absolute Gasteiger partial charge is 0.318 e. The fraction of sp³-hybridized carbons (Fsp3) is 0.400. The number of aromatic amines is 1. The minimum Gasteiger partial charge on any atom is -0.335 e. The van der Waals surface area contributed by atoms with Crippen LogP contribution in [0.5, 0.6) is 0 Å². The lowest BCUT2D eigenvalue weighted by Gasteiger charge is -2.46. The fourth-order valence-corrected chi connectivity index (χ4v) is 5.55. The molecule has 2 amide bonds. The van der Waals surface area contributed by atoms with Crippen LogP contribution in [0.1, 0.15) is 43.4 Å². The van der Waals surface area contributed by atoms with Gasteiger partial charge < -0.3 is 10.2 Å². The molecule has 26 heavy (non-hydrogen) atoms. The first-order chi connectivity index (χ1) is 12.7. The van der Waals surface area contributed by atoms with Crippen molar-refractivity contribution in [2.75, 3.05) is 0 Å². The van der Waals surface area contributed by atoms with Gasteiger partial charge in [-0.1, -0.05) is 18.2 Å². The maximum Gasteiger partial charge on any atom is 0.318 e. The Labute approximate surface area is 155 Å². The van der Waals surface area contributed by atoms with E-state index in [1.807, 2.05) is 0 Å². The van der Waals surface area contributed by atoms with E-state index < -0.39 is 0 Å². The molecule has 1 aromatic carbocycles. The van der Waals surface area contributed by atoms with E-state index in [0.717, 1.165) is 37.1 Å². The van der Waals surface area contributed by atoms with E-state index >= 15 is 0 Å². The Morgan fingerprint density at radius 3 is 2.88 bits per heavy atom. The van der Waals surface area contributed by atoms with Gasteiger partial charge in [-0.25, -0.2) is 4.79 Å². The summed E-state index contributed by atoms with van der Waals surface area (Å²) in [4.78, 5) is 16.1. The lowest BCUT2D eigenvalue weighted by Crippen LogP contribution is -2.53. The quantitative estimate of drug-likeness (QED) is 0.710. The molecule has 0 radical (unpaired) electrons. The molecule has 0 bridgehead atoms. The van der Waals surface area contributed by atoms with Crippen LogP contribution in [0.15, 0.2) is 30.3 Å². The second kappa shape index (κ2) is 5.10. The van der Waals surface area contributed by atoms with Gasteiger partial charge >= 0.3 is 6.03 Å². The normalized spacial score (nSPS) is 20.4. The molecular weight excluding hydrogens is 344 g/mol. The second-order valence-corrected chi connectivity index (χ2v) is 8.85. The van der Waals surface area contributed by atoms with E-state index in [9.17, 15) is 4.79 Å². The molecule has 2 aromatic heterocycles. The van der Waals surface area contributed by atoms with Gasteiger partial charge in [-0.3, -0.25) is 5.10 Å². The third kappa shape index (κ3) is 1.96. The Bertz CT molecular complexity index is 995. The van der Waals surface area contributed by atoms with Crippen molar-refractivity contribution in [3.8, 4) is 10.6 Å². The van der Waals surface area contributed by atoms with Crippen LogP contribution < -0.4 is 5.32 Å². The number of thiophene rings is 1. The number of hydrogen-bond acceptors (Lipinski definition) is 3. The predicted octanol–water partition coefficient (Wildman–Crippen LogP) is 4.36. The number of rotatable bonds is 2. The van der Waals surface area contributed by atoms with Gasteiger partial charge in [-0.15, -0.1) is 11.3 Å². The first kappa shape index (κ1) is 14.8. The molecule has 0 saturated heterocycles. The van der Waals surface area contributed by atoms with Crippen molar-refractivity contribution in [3.05, 3.63) is 41.6 Å². The number of urea groups is 1. The molecule has 2 N–H and O–H groups in total. The topological polar surface area (TPSA) is 61.0 Å². The Kier molecular flexibility index (Phi) is 2.90. The van der Waals surface area contributed by atoms with Crippen molar-refractivity contribution in [3.63, 3.8) is 0 Å². The summed E-state index contributed by atoms with van der Waals surface area (Å²) in [6.45, 7) is 0.645. The Morgan fingerprint density at radius 1 is 1.31 bits per heavy atom. The Hall–Kier alpha value is -2.34. The zero-order chi connectivity index (χ0) is 17.3. The Balaban J connectivity index is 1.43. The molecule has 6 heteroatoms. The molecule has 3 aliphatic rings. The lowest BCUT2D eigenvalue weighted by molar-refractivity contribution is 0.0556. The summed E-state index contributed by atoms with van der Waals surface area (Å²) >= 11 is 1.79. The molecule has 2 aliphatic carbocycles. The van der Waals surface area contributed by atoms with Crippen molar-refractivity contribution in [2.45, 2.75) is 50.2 Å². The highest BCUT2D eigenvalue weighted by molar-refractivity contribution is 7.22. The third-order valence-electron chi connectivity index (χ3n) is 6.13.